The first-order chi connectivity index (χ1) is 13.0. The predicted molar refractivity (Wildman–Crippen MR) is 97.5 cm³/mol. The number of benzene rings is 1. The Morgan fingerprint density at radius 2 is 1.78 bits per heavy atom. The van der Waals surface area contributed by atoms with Crippen LogP contribution in [0.5, 0.6) is 5.75 Å². The van der Waals surface area contributed by atoms with Gasteiger partial charge in [-0.2, -0.15) is 0 Å². The first-order valence-corrected chi connectivity index (χ1v) is 8.92. The van der Waals surface area contributed by atoms with Crippen LogP contribution < -0.4 is 10.1 Å². The lowest BCUT2D eigenvalue weighted by Gasteiger charge is -2.32. The highest BCUT2D eigenvalue weighted by atomic mass is 16.5. The summed E-state index contributed by atoms with van der Waals surface area (Å²) >= 11 is 0. The molecule has 0 saturated carbocycles. The molecule has 1 heterocycles. The predicted octanol–water partition coefficient (Wildman–Crippen LogP) is 0.996. The molecule has 1 aliphatic rings. The van der Waals surface area contributed by atoms with E-state index in [0.29, 0.717) is 37.4 Å². The smallest absolute Gasteiger partial charge is 0.325 e. The number of hydrogen-bond acceptors (Lipinski definition) is 6. The first kappa shape index (κ1) is 20.7. The molecule has 148 valence electrons. The van der Waals surface area contributed by atoms with E-state index in [1.165, 1.54) is 7.11 Å². The Hall–Kier alpha value is -2.61. The van der Waals surface area contributed by atoms with Gasteiger partial charge in [0.2, 0.25) is 5.91 Å². The van der Waals surface area contributed by atoms with Gasteiger partial charge in [-0.3, -0.25) is 14.4 Å². The molecular formula is C19H26N2O6. The van der Waals surface area contributed by atoms with Crippen LogP contribution in [0.4, 0.5) is 0 Å². The molecule has 0 bridgehead atoms. The normalized spacial score (nSPS) is 14.5. The number of amides is 2. The van der Waals surface area contributed by atoms with Crippen molar-refractivity contribution in [2.45, 2.75) is 25.4 Å². The van der Waals surface area contributed by atoms with E-state index in [4.69, 9.17) is 9.47 Å². The molecule has 1 aliphatic heterocycles. The summed E-state index contributed by atoms with van der Waals surface area (Å²) in [5.41, 5.74) is 0.435. The lowest BCUT2D eigenvalue weighted by atomic mass is 10.1. The fourth-order valence-corrected chi connectivity index (χ4v) is 2.77. The molecule has 27 heavy (non-hydrogen) atoms. The van der Waals surface area contributed by atoms with E-state index in [1.807, 2.05) is 4.90 Å². The van der Waals surface area contributed by atoms with Gasteiger partial charge in [-0.05, 0) is 24.3 Å². The van der Waals surface area contributed by atoms with Crippen molar-refractivity contribution in [3.63, 3.8) is 0 Å². The molecule has 0 radical (unpaired) electrons. The van der Waals surface area contributed by atoms with E-state index >= 15 is 0 Å². The number of ether oxygens (including phenoxy) is 3. The lowest BCUT2D eigenvalue weighted by Crippen LogP contribution is -2.42. The van der Waals surface area contributed by atoms with Gasteiger partial charge in [0.05, 0.1) is 20.1 Å². The monoisotopic (exact) mass is 378 g/mol. The van der Waals surface area contributed by atoms with Crippen LogP contribution in [0.3, 0.4) is 0 Å². The maximum atomic E-state index is 12.0. The molecule has 1 aromatic rings. The van der Waals surface area contributed by atoms with Crippen molar-refractivity contribution < 1.29 is 28.6 Å². The van der Waals surface area contributed by atoms with Gasteiger partial charge in [0.25, 0.3) is 5.91 Å². The molecule has 1 saturated heterocycles. The highest BCUT2D eigenvalue weighted by Gasteiger charge is 2.23. The number of carbonyl (C=O) groups is 3. The Bertz CT molecular complexity index is 638. The molecule has 2 rings (SSSR count). The summed E-state index contributed by atoms with van der Waals surface area (Å²) in [5.74, 6) is -0.0773. The molecule has 0 spiro atoms. The van der Waals surface area contributed by atoms with E-state index in [9.17, 15) is 14.4 Å². The fraction of sp³-hybridized carbons (Fsp3) is 0.526. The Morgan fingerprint density at radius 3 is 2.37 bits per heavy atom. The number of piperidine rings is 1. The Labute approximate surface area is 158 Å². The largest absolute Gasteiger partial charge is 0.490 e. The molecule has 0 aliphatic carbocycles. The van der Waals surface area contributed by atoms with Crippen LogP contribution in [0.1, 0.15) is 29.6 Å². The van der Waals surface area contributed by atoms with E-state index in [2.05, 4.69) is 10.1 Å². The van der Waals surface area contributed by atoms with Gasteiger partial charge in [0.1, 0.15) is 18.4 Å². The van der Waals surface area contributed by atoms with E-state index < -0.39 is 5.97 Å². The number of likely N-dealkylation sites (tertiary alicyclic amines) is 1. The third kappa shape index (κ3) is 6.56. The second-order valence-electron chi connectivity index (χ2n) is 6.22. The summed E-state index contributed by atoms with van der Waals surface area (Å²) in [7, 11) is 2.85. The van der Waals surface area contributed by atoms with E-state index in [0.717, 1.165) is 12.8 Å². The van der Waals surface area contributed by atoms with Crippen LogP contribution in [0.25, 0.3) is 0 Å². The maximum absolute atomic E-state index is 12.0. The van der Waals surface area contributed by atoms with Gasteiger partial charge in [0.15, 0.2) is 0 Å². The summed E-state index contributed by atoms with van der Waals surface area (Å²) < 4.78 is 15.4. The number of carbonyl (C=O) groups excluding carboxylic acids is 3. The Balaban J connectivity index is 1.77. The zero-order chi connectivity index (χ0) is 19.6. The number of nitrogens with zero attached hydrogens (tertiary/aromatic N) is 1. The molecule has 1 fully saturated rings. The average molecular weight is 378 g/mol. The minimum absolute atomic E-state index is 0.0375. The fourth-order valence-electron chi connectivity index (χ4n) is 2.77. The second kappa shape index (κ2) is 10.5. The topological polar surface area (TPSA) is 94.2 Å². The van der Waals surface area contributed by atoms with Crippen LogP contribution in [0, 0.1) is 0 Å². The quantitative estimate of drug-likeness (QED) is 0.678. The van der Waals surface area contributed by atoms with Crippen molar-refractivity contribution in [3.05, 3.63) is 29.8 Å². The first-order valence-electron chi connectivity index (χ1n) is 8.92. The minimum Gasteiger partial charge on any atom is -0.490 e. The second-order valence-corrected chi connectivity index (χ2v) is 6.22. The van der Waals surface area contributed by atoms with Crippen LogP contribution in [-0.2, 0) is 19.1 Å². The molecule has 8 nitrogen and oxygen atoms in total. The molecule has 1 aromatic carbocycles. The number of hydrogen-bond donors (Lipinski definition) is 1. The zero-order valence-corrected chi connectivity index (χ0v) is 15.7. The molecule has 0 unspecified atom stereocenters. The van der Waals surface area contributed by atoms with Gasteiger partial charge in [-0.25, -0.2) is 0 Å². The van der Waals surface area contributed by atoms with Crippen molar-refractivity contribution >= 4 is 17.8 Å². The van der Waals surface area contributed by atoms with Crippen molar-refractivity contribution in [2.75, 3.05) is 40.5 Å². The average Bonchev–Trinajstić information content (AvgIpc) is 2.71. The maximum Gasteiger partial charge on any atom is 0.325 e. The SMILES string of the molecule is COCCC(=O)N1CCC(Oc2ccc(C(=O)NCC(=O)OC)cc2)CC1. The van der Waals surface area contributed by atoms with Gasteiger partial charge < -0.3 is 24.4 Å². The van der Waals surface area contributed by atoms with Crippen molar-refractivity contribution in [2.24, 2.45) is 0 Å². The number of esters is 1. The highest BCUT2D eigenvalue weighted by Crippen LogP contribution is 2.20. The van der Waals surface area contributed by atoms with Crippen LogP contribution in [0.2, 0.25) is 0 Å². The molecule has 0 aromatic heterocycles. The van der Waals surface area contributed by atoms with Crippen molar-refractivity contribution in [3.8, 4) is 5.75 Å². The van der Waals surface area contributed by atoms with Gasteiger partial charge in [-0.15, -0.1) is 0 Å². The molecule has 1 N–H and O–H groups in total. The molecule has 2 amide bonds. The van der Waals surface area contributed by atoms with E-state index in [-0.39, 0.29) is 24.5 Å². The van der Waals surface area contributed by atoms with Gasteiger partial charge in [-0.1, -0.05) is 0 Å². The number of nitrogens with one attached hydrogen (secondary N) is 1. The zero-order valence-electron chi connectivity index (χ0n) is 15.7. The Kier molecular flexibility index (Phi) is 8.06. The lowest BCUT2D eigenvalue weighted by molar-refractivity contribution is -0.139. The molecule has 8 heteroatoms. The van der Waals surface area contributed by atoms with Crippen LogP contribution >= 0.6 is 0 Å². The summed E-state index contributed by atoms with van der Waals surface area (Å²) in [4.78, 5) is 36.8. The summed E-state index contributed by atoms with van der Waals surface area (Å²) in [5, 5.41) is 2.48. The standard InChI is InChI=1S/C19H26N2O6/c1-25-12-9-17(22)21-10-7-16(8-11-21)27-15-5-3-14(4-6-15)19(24)20-13-18(23)26-2/h3-6,16H,7-13H2,1-2H3,(H,20,24). The van der Waals surface area contributed by atoms with Crippen molar-refractivity contribution in [1.29, 1.82) is 0 Å². The Morgan fingerprint density at radius 1 is 1.11 bits per heavy atom. The summed E-state index contributed by atoms with van der Waals surface area (Å²) in [6.45, 7) is 1.60. The van der Waals surface area contributed by atoms with E-state index in [1.54, 1.807) is 31.4 Å². The van der Waals surface area contributed by atoms with Crippen LogP contribution in [-0.4, -0.2) is 69.2 Å². The minimum atomic E-state index is -0.504. The highest BCUT2D eigenvalue weighted by molar-refractivity contribution is 5.95. The van der Waals surface area contributed by atoms with Gasteiger partial charge >= 0.3 is 5.97 Å². The third-order valence-corrected chi connectivity index (χ3v) is 4.35. The number of rotatable bonds is 8. The van der Waals surface area contributed by atoms with Crippen LogP contribution in [0.15, 0.2) is 24.3 Å². The van der Waals surface area contributed by atoms with Crippen molar-refractivity contribution in [1.82, 2.24) is 10.2 Å². The molecular weight excluding hydrogens is 352 g/mol. The molecule has 0 atom stereocenters. The number of methoxy groups -OCH3 is 2. The third-order valence-electron chi connectivity index (χ3n) is 4.35. The summed E-state index contributed by atoms with van der Waals surface area (Å²) in [6, 6.07) is 6.74. The van der Waals surface area contributed by atoms with Gasteiger partial charge in [0, 0.05) is 38.6 Å². The summed E-state index contributed by atoms with van der Waals surface area (Å²) in [6.07, 6.45) is 1.97.